The highest BCUT2D eigenvalue weighted by Gasteiger charge is 2.27. The molecule has 0 saturated carbocycles. The first-order valence-corrected chi connectivity index (χ1v) is 8.65. The summed E-state index contributed by atoms with van der Waals surface area (Å²) in [5.74, 6) is -1.11. The Bertz CT molecular complexity index is 813. The molecule has 2 N–H and O–H groups in total. The second-order valence-corrected chi connectivity index (χ2v) is 6.35. The zero-order valence-electron chi connectivity index (χ0n) is 14.6. The maximum atomic E-state index is 13.2. The van der Waals surface area contributed by atoms with Crippen molar-refractivity contribution in [1.82, 2.24) is 15.2 Å². The SMILES string of the molecule is O=C(O)C1CCCN(C(=O)NCc2ccc(Oc3cccc(F)c3)nc2)C1. The number of carboxylic acids is 1. The first kappa shape index (κ1) is 18.6. The standard InChI is InChI=1S/C19H20FN3O4/c20-15-4-1-5-16(9-15)27-17-7-6-13(10-21-17)11-22-19(26)23-8-2-3-14(12-23)18(24)25/h1,4-7,9-10,14H,2-3,8,11-12H2,(H,22,26)(H,24,25). The van der Waals surface area contributed by atoms with Crippen molar-refractivity contribution < 1.29 is 23.8 Å². The lowest BCUT2D eigenvalue weighted by atomic mass is 9.99. The molecule has 2 amide bonds. The van der Waals surface area contributed by atoms with Crippen LogP contribution in [-0.4, -0.2) is 40.1 Å². The van der Waals surface area contributed by atoms with Crippen LogP contribution in [0.5, 0.6) is 11.6 Å². The molecule has 1 aromatic carbocycles. The molecule has 1 fully saturated rings. The summed E-state index contributed by atoms with van der Waals surface area (Å²) in [7, 11) is 0. The lowest BCUT2D eigenvalue weighted by Gasteiger charge is -2.30. The zero-order valence-corrected chi connectivity index (χ0v) is 14.6. The van der Waals surface area contributed by atoms with Gasteiger partial charge < -0.3 is 20.1 Å². The molecule has 8 heteroatoms. The van der Waals surface area contributed by atoms with Crippen LogP contribution in [0.4, 0.5) is 9.18 Å². The van der Waals surface area contributed by atoms with Gasteiger partial charge in [-0.15, -0.1) is 0 Å². The maximum Gasteiger partial charge on any atom is 0.317 e. The van der Waals surface area contributed by atoms with Crippen molar-refractivity contribution >= 4 is 12.0 Å². The topological polar surface area (TPSA) is 91.8 Å². The van der Waals surface area contributed by atoms with E-state index in [0.717, 1.165) is 5.56 Å². The Morgan fingerprint density at radius 3 is 2.89 bits per heavy atom. The van der Waals surface area contributed by atoms with Crippen molar-refractivity contribution in [2.45, 2.75) is 19.4 Å². The monoisotopic (exact) mass is 373 g/mol. The predicted octanol–water partition coefficient (Wildman–Crippen LogP) is 3.02. The molecule has 0 aliphatic carbocycles. The van der Waals surface area contributed by atoms with E-state index in [1.165, 1.54) is 17.0 Å². The summed E-state index contributed by atoms with van der Waals surface area (Å²) in [5.41, 5.74) is 0.765. The zero-order chi connectivity index (χ0) is 19.2. The van der Waals surface area contributed by atoms with Crippen LogP contribution in [0.3, 0.4) is 0 Å². The Labute approximate surface area is 155 Å². The lowest BCUT2D eigenvalue weighted by molar-refractivity contribution is -0.143. The summed E-state index contributed by atoms with van der Waals surface area (Å²) in [6.45, 7) is 1.04. The van der Waals surface area contributed by atoms with Crippen LogP contribution in [-0.2, 0) is 11.3 Å². The van der Waals surface area contributed by atoms with Gasteiger partial charge in [0.05, 0.1) is 5.92 Å². The second-order valence-electron chi connectivity index (χ2n) is 6.35. The molecular weight excluding hydrogens is 353 g/mol. The van der Waals surface area contributed by atoms with Crippen LogP contribution >= 0.6 is 0 Å². The van der Waals surface area contributed by atoms with Crippen LogP contribution < -0.4 is 10.1 Å². The van der Waals surface area contributed by atoms with E-state index in [0.29, 0.717) is 31.0 Å². The molecule has 0 bridgehead atoms. The van der Waals surface area contributed by atoms with E-state index < -0.39 is 17.7 Å². The number of carboxylic acid groups (broad SMARTS) is 1. The number of benzene rings is 1. The number of nitrogens with zero attached hydrogens (tertiary/aromatic N) is 2. The second kappa shape index (κ2) is 8.48. The van der Waals surface area contributed by atoms with Crippen LogP contribution in [0.1, 0.15) is 18.4 Å². The number of ether oxygens (including phenoxy) is 1. The van der Waals surface area contributed by atoms with Gasteiger partial charge in [-0.3, -0.25) is 4.79 Å². The molecule has 7 nitrogen and oxygen atoms in total. The van der Waals surface area contributed by atoms with Crippen LogP contribution in [0.15, 0.2) is 42.6 Å². The van der Waals surface area contributed by atoms with E-state index in [9.17, 15) is 14.0 Å². The largest absolute Gasteiger partial charge is 0.481 e. The number of nitrogens with one attached hydrogen (secondary N) is 1. The molecule has 1 aliphatic rings. The van der Waals surface area contributed by atoms with E-state index in [4.69, 9.17) is 9.84 Å². The highest BCUT2D eigenvalue weighted by Crippen LogP contribution is 2.20. The van der Waals surface area contributed by atoms with Crippen molar-refractivity contribution in [3.63, 3.8) is 0 Å². The number of aliphatic carboxylic acids is 1. The van der Waals surface area contributed by atoms with Gasteiger partial charge in [-0.2, -0.15) is 0 Å². The van der Waals surface area contributed by atoms with Gasteiger partial charge in [-0.05, 0) is 30.5 Å². The molecule has 0 radical (unpaired) electrons. The molecule has 2 aromatic rings. The average molecular weight is 373 g/mol. The van der Waals surface area contributed by atoms with E-state index in [1.54, 1.807) is 30.5 Å². The van der Waals surface area contributed by atoms with Crippen LogP contribution in [0.2, 0.25) is 0 Å². The van der Waals surface area contributed by atoms with Gasteiger partial charge >= 0.3 is 12.0 Å². The molecule has 1 aromatic heterocycles. The summed E-state index contributed by atoms with van der Waals surface area (Å²) < 4.78 is 18.6. The summed E-state index contributed by atoms with van der Waals surface area (Å²) in [4.78, 5) is 29.0. The Morgan fingerprint density at radius 2 is 2.19 bits per heavy atom. The minimum absolute atomic E-state index is 0.222. The number of likely N-dealkylation sites (tertiary alicyclic amines) is 1. The van der Waals surface area contributed by atoms with Crippen molar-refractivity contribution in [2.75, 3.05) is 13.1 Å². The molecule has 27 heavy (non-hydrogen) atoms. The quantitative estimate of drug-likeness (QED) is 0.841. The lowest BCUT2D eigenvalue weighted by Crippen LogP contribution is -2.46. The van der Waals surface area contributed by atoms with Gasteiger partial charge in [0.1, 0.15) is 11.6 Å². The maximum absolute atomic E-state index is 13.2. The van der Waals surface area contributed by atoms with Crippen molar-refractivity contribution in [1.29, 1.82) is 0 Å². The molecule has 2 heterocycles. The average Bonchev–Trinajstić information content (AvgIpc) is 2.67. The number of carbonyl (C=O) groups excluding carboxylic acids is 1. The smallest absolute Gasteiger partial charge is 0.317 e. The van der Waals surface area contributed by atoms with Crippen LogP contribution in [0, 0.1) is 11.7 Å². The number of urea groups is 1. The van der Waals surface area contributed by atoms with Gasteiger partial charge in [-0.1, -0.05) is 12.1 Å². The van der Waals surface area contributed by atoms with Crippen molar-refractivity contribution in [2.24, 2.45) is 5.92 Å². The highest BCUT2D eigenvalue weighted by atomic mass is 19.1. The first-order valence-electron chi connectivity index (χ1n) is 8.65. The summed E-state index contributed by atoms with van der Waals surface area (Å²) >= 11 is 0. The minimum atomic E-state index is -0.870. The fourth-order valence-corrected chi connectivity index (χ4v) is 2.88. The number of rotatable bonds is 5. The number of carbonyl (C=O) groups is 2. The molecule has 3 rings (SSSR count). The summed E-state index contributed by atoms with van der Waals surface area (Å²) in [5, 5.41) is 11.9. The molecule has 142 valence electrons. The van der Waals surface area contributed by atoms with Crippen molar-refractivity contribution in [3.05, 3.63) is 54.0 Å². The first-order chi connectivity index (χ1) is 13.0. The number of pyridine rings is 1. The van der Waals surface area contributed by atoms with Gasteiger partial charge in [0, 0.05) is 38.0 Å². The predicted molar refractivity (Wildman–Crippen MR) is 94.9 cm³/mol. The fourth-order valence-electron chi connectivity index (χ4n) is 2.88. The third-order valence-electron chi connectivity index (χ3n) is 4.32. The van der Waals surface area contributed by atoms with Crippen molar-refractivity contribution in [3.8, 4) is 11.6 Å². The third kappa shape index (κ3) is 5.16. The Morgan fingerprint density at radius 1 is 1.33 bits per heavy atom. The van der Waals surface area contributed by atoms with Gasteiger partial charge in [0.25, 0.3) is 0 Å². The summed E-state index contributed by atoms with van der Waals surface area (Å²) in [6, 6.07) is 8.85. The van der Waals surface area contributed by atoms with E-state index >= 15 is 0 Å². The number of hydrogen-bond acceptors (Lipinski definition) is 4. The Hall–Kier alpha value is -3.16. The van der Waals surface area contributed by atoms with Crippen LogP contribution in [0.25, 0.3) is 0 Å². The molecule has 1 atom stereocenters. The van der Waals surface area contributed by atoms with Gasteiger partial charge in [0.15, 0.2) is 0 Å². The number of amides is 2. The fraction of sp³-hybridized carbons (Fsp3) is 0.316. The molecule has 1 aliphatic heterocycles. The third-order valence-corrected chi connectivity index (χ3v) is 4.32. The molecule has 1 unspecified atom stereocenters. The molecule has 0 spiro atoms. The Kier molecular flexibility index (Phi) is 5.85. The molecule has 1 saturated heterocycles. The normalized spacial score (nSPS) is 16.6. The highest BCUT2D eigenvalue weighted by molar-refractivity contribution is 5.76. The number of aromatic nitrogens is 1. The van der Waals surface area contributed by atoms with E-state index in [-0.39, 0.29) is 19.1 Å². The van der Waals surface area contributed by atoms with Gasteiger partial charge in [0.2, 0.25) is 5.88 Å². The van der Waals surface area contributed by atoms with E-state index in [2.05, 4.69) is 10.3 Å². The number of piperidine rings is 1. The van der Waals surface area contributed by atoms with E-state index in [1.807, 2.05) is 0 Å². The number of halogens is 1. The van der Waals surface area contributed by atoms with Gasteiger partial charge in [-0.25, -0.2) is 14.2 Å². The molecular formula is C19H20FN3O4. The summed E-state index contributed by atoms with van der Waals surface area (Å²) in [6.07, 6.45) is 2.83. The number of hydrogen-bond donors (Lipinski definition) is 2. The Balaban J connectivity index is 1.51. The minimum Gasteiger partial charge on any atom is -0.481 e.